The summed E-state index contributed by atoms with van der Waals surface area (Å²) >= 11 is 0. The monoisotopic (exact) mass is 323 g/mol. The number of hydrogen-bond donors (Lipinski definition) is 0. The van der Waals surface area contributed by atoms with Crippen molar-refractivity contribution in [1.82, 2.24) is 0 Å². The third kappa shape index (κ3) is 1.44. The van der Waals surface area contributed by atoms with Crippen LogP contribution < -0.4 is 4.90 Å². The molecule has 24 heavy (non-hydrogen) atoms. The molecule has 3 aliphatic carbocycles. The molecule has 1 heterocycles. The van der Waals surface area contributed by atoms with Crippen LogP contribution in [0.3, 0.4) is 0 Å². The number of methoxy groups -OCH3 is 1. The highest BCUT2D eigenvalue weighted by Crippen LogP contribution is 2.73. The normalized spacial score (nSPS) is 34.1. The molecule has 5 nitrogen and oxygen atoms in total. The van der Waals surface area contributed by atoms with E-state index in [0.717, 1.165) is 12.8 Å². The van der Waals surface area contributed by atoms with Gasteiger partial charge in [0.15, 0.2) is 0 Å². The summed E-state index contributed by atoms with van der Waals surface area (Å²) in [6.45, 7) is 0. The predicted octanol–water partition coefficient (Wildman–Crippen LogP) is 2.17. The van der Waals surface area contributed by atoms with Crippen LogP contribution in [0, 0.1) is 29.1 Å². The fourth-order valence-electron chi connectivity index (χ4n) is 5.27. The van der Waals surface area contributed by atoms with Crippen LogP contribution in [0.4, 0.5) is 5.69 Å². The van der Waals surface area contributed by atoms with E-state index < -0.39 is 5.97 Å². The van der Waals surface area contributed by atoms with Crippen molar-refractivity contribution in [2.75, 3.05) is 12.0 Å². The first-order chi connectivity index (χ1) is 11.6. The first-order valence-corrected chi connectivity index (χ1v) is 8.33. The van der Waals surface area contributed by atoms with Crippen molar-refractivity contribution in [3.8, 4) is 0 Å². The second-order valence-corrected chi connectivity index (χ2v) is 7.24. The zero-order chi connectivity index (χ0) is 16.6. The van der Waals surface area contributed by atoms with Crippen molar-refractivity contribution >= 4 is 23.5 Å². The van der Waals surface area contributed by atoms with Crippen molar-refractivity contribution in [2.24, 2.45) is 29.1 Å². The largest absolute Gasteiger partial charge is 0.465 e. The molecular formula is C19H17NO4. The minimum Gasteiger partial charge on any atom is -0.465 e. The number of carbonyl (C=O) groups is 3. The third-order valence-corrected chi connectivity index (χ3v) is 6.40. The molecule has 122 valence electrons. The molecule has 1 aliphatic heterocycles. The highest BCUT2D eigenvalue weighted by atomic mass is 16.5. The van der Waals surface area contributed by atoms with Crippen LogP contribution in [-0.4, -0.2) is 24.9 Å². The van der Waals surface area contributed by atoms with Crippen LogP contribution in [0.15, 0.2) is 36.4 Å². The summed E-state index contributed by atoms with van der Waals surface area (Å²) in [5, 5.41) is 0. The lowest BCUT2D eigenvalue weighted by molar-refractivity contribution is -0.123. The number of carbonyl (C=O) groups excluding carboxylic acids is 3. The molecule has 2 bridgehead atoms. The van der Waals surface area contributed by atoms with Crippen LogP contribution in [-0.2, 0) is 14.3 Å². The Bertz CT molecular complexity index is 788. The molecule has 0 N–H and O–H groups in total. The Kier molecular flexibility index (Phi) is 2.53. The smallest absolute Gasteiger partial charge is 0.339 e. The highest BCUT2D eigenvalue weighted by molar-refractivity contribution is 6.24. The van der Waals surface area contributed by atoms with Crippen LogP contribution in [0.1, 0.15) is 23.2 Å². The number of para-hydroxylation sites is 1. The van der Waals surface area contributed by atoms with Crippen molar-refractivity contribution in [3.05, 3.63) is 42.0 Å². The summed E-state index contributed by atoms with van der Waals surface area (Å²) in [6, 6.07) is 6.66. The van der Waals surface area contributed by atoms with Crippen LogP contribution in [0.5, 0.6) is 0 Å². The molecule has 0 radical (unpaired) electrons. The average Bonchev–Trinajstić information content (AvgIpc) is 3.19. The van der Waals surface area contributed by atoms with E-state index in [4.69, 9.17) is 4.74 Å². The summed E-state index contributed by atoms with van der Waals surface area (Å²) in [7, 11) is 1.29. The van der Waals surface area contributed by atoms with Gasteiger partial charge in [-0.15, -0.1) is 0 Å². The minimum absolute atomic E-state index is 0.163. The molecule has 4 atom stereocenters. The van der Waals surface area contributed by atoms with E-state index in [9.17, 15) is 14.4 Å². The van der Waals surface area contributed by atoms with E-state index in [1.807, 2.05) is 0 Å². The zero-order valence-electron chi connectivity index (χ0n) is 13.3. The fraction of sp³-hybridized carbons (Fsp3) is 0.421. The van der Waals surface area contributed by atoms with Crippen LogP contribution in [0.2, 0.25) is 0 Å². The van der Waals surface area contributed by atoms with Gasteiger partial charge in [0.25, 0.3) is 0 Å². The number of anilines is 1. The first-order valence-electron chi connectivity index (χ1n) is 8.33. The number of esters is 1. The van der Waals surface area contributed by atoms with Gasteiger partial charge in [-0.1, -0.05) is 24.3 Å². The van der Waals surface area contributed by atoms with E-state index in [-0.39, 0.29) is 46.5 Å². The van der Waals surface area contributed by atoms with Gasteiger partial charge in [0.1, 0.15) is 0 Å². The molecule has 0 aromatic heterocycles. The van der Waals surface area contributed by atoms with Crippen molar-refractivity contribution in [3.63, 3.8) is 0 Å². The Morgan fingerprint density at radius 1 is 1.08 bits per heavy atom. The third-order valence-electron chi connectivity index (χ3n) is 6.40. The number of fused-ring (bicyclic) bond motifs is 3. The molecule has 1 saturated heterocycles. The summed E-state index contributed by atoms with van der Waals surface area (Å²) in [5.74, 6) is -1.03. The summed E-state index contributed by atoms with van der Waals surface area (Å²) in [6.07, 6.45) is 6.50. The summed E-state index contributed by atoms with van der Waals surface area (Å²) < 4.78 is 4.80. The highest BCUT2D eigenvalue weighted by Gasteiger charge is 2.73. The molecule has 5 rings (SSSR count). The number of imide groups is 1. The average molecular weight is 323 g/mol. The molecule has 1 aromatic carbocycles. The quantitative estimate of drug-likeness (QED) is 0.475. The van der Waals surface area contributed by atoms with Crippen molar-refractivity contribution < 1.29 is 19.1 Å². The van der Waals surface area contributed by atoms with Gasteiger partial charge in [-0.2, -0.15) is 0 Å². The Morgan fingerprint density at radius 2 is 1.67 bits per heavy atom. The van der Waals surface area contributed by atoms with Gasteiger partial charge < -0.3 is 4.74 Å². The molecule has 4 aliphatic rings. The molecule has 2 saturated carbocycles. The van der Waals surface area contributed by atoms with Gasteiger partial charge in [-0.05, 0) is 42.2 Å². The first kappa shape index (κ1) is 14.0. The number of nitrogens with zero attached hydrogens (tertiary/aromatic N) is 1. The minimum atomic E-state index is -0.539. The molecule has 1 spiro atoms. The lowest BCUT2D eigenvalue weighted by atomic mass is 9.85. The molecule has 2 amide bonds. The number of ether oxygens (including phenoxy) is 1. The topological polar surface area (TPSA) is 63.7 Å². The van der Waals surface area contributed by atoms with Crippen LogP contribution in [0.25, 0.3) is 0 Å². The van der Waals surface area contributed by atoms with Crippen molar-refractivity contribution in [2.45, 2.75) is 12.8 Å². The summed E-state index contributed by atoms with van der Waals surface area (Å²) in [4.78, 5) is 39.4. The molecule has 1 aromatic rings. The van der Waals surface area contributed by atoms with Gasteiger partial charge >= 0.3 is 5.97 Å². The number of allylic oxidation sites excluding steroid dienone is 2. The van der Waals surface area contributed by atoms with Gasteiger partial charge in [-0.3, -0.25) is 9.59 Å². The number of amides is 2. The van der Waals surface area contributed by atoms with E-state index in [1.165, 1.54) is 12.0 Å². The standard InChI is InChI=1S/C19H17NO4/c1-24-18(23)10-4-2-3-5-13(10)20-16(21)14-11-6-7-12(15(14)17(20)22)19(11)8-9-19/h2-7,11-12,14-15H,8-9H2,1H3/t11-,12-,14+,15+/m1/s1. The Balaban J connectivity index is 1.58. The van der Waals surface area contributed by atoms with E-state index in [1.54, 1.807) is 24.3 Å². The molecule has 3 fully saturated rings. The number of rotatable bonds is 2. The maximum Gasteiger partial charge on any atom is 0.339 e. The van der Waals surface area contributed by atoms with Crippen LogP contribution >= 0.6 is 0 Å². The maximum atomic E-state index is 13.1. The van der Waals surface area contributed by atoms with Gasteiger partial charge in [0, 0.05) is 0 Å². The van der Waals surface area contributed by atoms with Gasteiger partial charge in [-0.25, -0.2) is 9.69 Å². The Hall–Kier alpha value is -2.43. The van der Waals surface area contributed by atoms with Gasteiger partial charge in [0.05, 0.1) is 30.2 Å². The second-order valence-electron chi connectivity index (χ2n) is 7.24. The number of benzene rings is 1. The molecular weight excluding hydrogens is 306 g/mol. The fourth-order valence-corrected chi connectivity index (χ4v) is 5.27. The SMILES string of the molecule is COC(=O)c1ccccc1N1C(=O)[C@@H]2[C@@H](C1=O)[C@H]1C=C[C@H]2C12CC2. The Labute approximate surface area is 139 Å². The van der Waals surface area contributed by atoms with E-state index in [2.05, 4.69) is 12.2 Å². The predicted molar refractivity (Wildman–Crippen MR) is 85.0 cm³/mol. The zero-order valence-corrected chi connectivity index (χ0v) is 13.3. The maximum absolute atomic E-state index is 13.1. The molecule has 0 unspecified atom stereocenters. The van der Waals surface area contributed by atoms with Gasteiger partial charge in [0.2, 0.25) is 11.8 Å². The Morgan fingerprint density at radius 3 is 2.21 bits per heavy atom. The van der Waals surface area contributed by atoms with E-state index in [0.29, 0.717) is 5.69 Å². The van der Waals surface area contributed by atoms with Crippen molar-refractivity contribution in [1.29, 1.82) is 0 Å². The van der Waals surface area contributed by atoms with E-state index >= 15 is 0 Å². The second kappa shape index (κ2) is 4.35. The lowest BCUT2D eigenvalue weighted by Gasteiger charge is -2.23. The molecule has 5 heteroatoms. The lowest BCUT2D eigenvalue weighted by Crippen LogP contribution is -2.35. The summed E-state index contributed by atoms with van der Waals surface area (Å²) in [5.41, 5.74) is 0.773. The number of hydrogen-bond acceptors (Lipinski definition) is 4.